The zero-order chi connectivity index (χ0) is 23.4. The van der Waals surface area contributed by atoms with Crippen LogP contribution in [0.3, 0.4) is 0 Å². The van der Waals surface area contributed by atoms with Gasteiger partial charge in [0.1, 0.15) is 17.3 Å². The van der Waals surface area contributed by atoms with Gasteiger partial charge in [0, 0.05) is 29.9 Å². The van der Waals surface area contributed by atoms with Gasteiger partial charge in [-0.2, -0.15) is 0 Å². The van der Waals surface area contributed by atoms with Crippen LogP contribution in [0.25, 0.3) is 0 Å². The Balaban J connectivity index is 1.58. The summed E-state index contributed by atoms with van der Waals surface area (Å²) in [6.45, 7) is 2.65. The van der Waals surface area contributed by atoms with Crippen molar-refractivity contribution in [1.29, 1.82) is 0 Å². The van der Waals surface area contributed by atoms with E-state index in [1.807, 2.05) is 31.2 Å². The van der Waals surface area contributed by atoms with Crippen LogP contribution in [0.2, 0.25) is 0 Å². The first-order chi connectivity index (χ1) is 16.0. The lowest BCUT2D eigenvalue weighted by Gasteiger charge is -2.23. The van der Waals surface area contributed by atoms with E-state index in [4.69, 9.17) is 9.47 Å². The van der Waals surface area contributed by atoms with E-state index in [0.29, 0.717) is 36.5 Å². The Bertz CT molecular complexity index is 1160. The predicted octanol–water partition coefficient (Wildman–Crippen LogP) is 4.79. The standard InChI is InChI=1S/C26H25FN2O4/c1-3-23-26(31)29(15-17-5-4-6-22(13-17)32-2)16-19-14-21(11-12-24(19)33-23)28-25(30)18-7-9-20(27)10-8-18/h4-14,23H,3,15-16H2,1-2H3,(H,28,30). The average molecular weight is 448 g/mol. The van der Waals surface area contributed by atoms with Gasteiger partial charge < -0.3 is 19.7 Å². The number of carbonyl (C=O) groups excluding carboxylic acids is 2. The molecule has 0 radical (unpaired) electrons. The number of rotatable bonds is 6. The minimum atomic E-state index is -0.587. The molecule has 6 nitrogen and oxygen atoms in total. The van der Waals surface area contributed by atoms with Crippen molar-refractivity contribution in [2.24, 2.45) is 0 Å². The number of hydrogen-bond acceptors (Lipinski definition) is 4. The second-order valence-electron chi connectivity index (χ2n) is 7.84. The summed E-state index contributed by atoms with van der Waals surface area (Å²) in [6, 6.07) is 18.2. The van der Waals surface area contributed by atoms with Crippen molar-refractivity contribution in [3.63, 3.8) is 0 Å². The van der Waals surface area contributed by atoms with Gasteiger partial charge >= 0.3 is 0 Å². The van der Waals surface area contributed by atoms with E-state index in [9.17, 15) is 14.0 Å². The van der Waals surface area contributed by atoms with Crippen molar-refractivity contribution in [2.45, 2.75) is 32.5 Å². The zero-order valence-electron chi connectivity index (χ0n) is 18.5. The maximum absolute atomic E-state index is 13.1. The summed E-state index contributed by atoms with van der Waals surface area (Å²) in [4.78, 5) is 27.4. The summed E-state index contributed by atoms with van der Waals surface area (Å²) >= 11 is 0. The van der Waals surface area contributed by atoms with Gasteiger partial charge in [0.25, 0.3) is 11.8 Å². The number of nitrogens with one attached hydrogen (secondary N) is 1. The molecule has 0 aromatic heterocycles. The van der Waals surface area contributed by atoms with E-state index >= 15 is 0 Å². The van der Waals surface area contributed by atoms with Crippen LogP contribution in [0.15, 0.2) is 66.7 Å². The third-order valence-electron chi connectivity index (χ3n) is 5.52. The smallest absolute Gasteiger partial charge is 0.264 e. The molecule has 3 aromatic carbocycles. The summed E-state index contributed by atoms with van der Waals surface area (Å²) in [7, 11) is 1.61. The Kier molecular flexibility index (Phi) is 6.58. The molecular formula is C26H25FN2O4. The fraction of sp³-hybridized carbons (Fsp3) is 0.231. The predicted molar refractivity (Wildman–Crippen MR) is 123 cm³/mol. The lowest BCUT2D eigenvalue weighted by Crippen LogP contribution is -2.38. The van der Waals surface area contributed by atoms with Gasteiger partial charge in [-0.1, -0.05) is 19.1 Å². The minimum Gasteiger partial charge on any atom is -0.497 e. The fourth-order valence-electron chi connectivity index (χ4n) is 3.77. The molecule has 2 amide bonds. The number of benzene rings is 3. The Morgan fingerprint density at radius 3 is 2.67 bits per heavy atom. The average Bonchev–Trinajstić information content (AvgIpc) is 2.95. The lowest BCUT2D eigenvalue weighted by molar-refractivity contribution is -0.139. The van der Waals surface area contributed by atoms with Crippen LogP contribution in [0, 0.1) is 5.82 Å². The Hall–Kier alpha value is -3.87. The van der Waals surface area contributed by atoms with E-state index < -0.39 is 11.9 Å². The molecule has 4 rings (SSSR count). The molecular weight excluding hydrogens is 423 g/mol. The third kappa shape index (κ3) is 5.14. The Labute approximate surface area is 191 Å². The molecule has 0 spiro atoms. The molecule has 33 heavy (non-hydrogen) atoms. The van der Waals surface area contributed by atoms with Gasteiger partial charge in [-0.25, -0.2) is 4.39 Å². The van der Waals surface area contributed by atoms with Gasteiger partial charge in [0.2, 0.25) is 0 Å². The second-order valence-corrected chi connectivity index (χ2v) is 7.84. The van der Waals surface area contributed by atoms with Crippen molar-refractivity contribution < 1.29 is 23.5 Å². The van der Waals surface area contributed by atoms with Crippen LogP contribution >= 0.6 is 0 Å². The van der Waals surface area contributed by atoms with E-state index in [0.717, 1.165) is 16.9 Å². The van der Waals surface area contributed by atoms with Crippen molar-refractivity contribution in [2.75, 3.05) is 12.4 Å². The van der Waals surface area contributed by atoms with Gasteiger partial charge in [0.05, 0.1) is 7.11 Å². The van der Waals surface area contributed by atoms with Crippen LogP contribution in [-0.2, 0) is 17.9 Å². The highest BCUT2D eigenvalue weighted by atomic mass is 19.1. The number of carbonyl (C=O) groups is 2. The van der Waals surface area contributed by atoms with Crippen LogP contribution in [0.4, 0.5) is 10.1 Å². The molecule has 1 atom stereocenters. The first-order valence-electron chi connectivity index (χ1n) is 10.7. The Morgan fingerprint density at radius 2 is 1.94 bits per heavy atom. The summed E-state index contributed by atoms with van der Waals surface area (Å²) in [5.41, 5.74) is 2.65. The summed E-state index contributed by atoms with van der Waals surface area (Å²) in [5.74, 6) is 0.501. The van der Waals surface area contributed by atoms with Crippen LogP contribution in [-0.4, -0.2) is 29.9 Å². The fourth-order valence-corrected chi connectivity index (χ4v) is 3.77. The van der Waals surface area contributed by atoms with Crippen molar-refractivity contribution in [3.8, 4) is 11.5 Å². The molecule has 1 aliphatic rings. The van der Waals surface area contributed by atoms with E-state index in [1.165, 1.54) is 24.3 Å². The first kappa shape index (κ1) is 22.3. The molecule has 0 saturated heterocycles. The number of ether oxygens (including phenoxy) is 2. The molecule has 170 valence electrons. The minimum absolute atomic E-state index is 0.0894. The second kappa shape index (κ2) is 9.73. The number of methoxy groups -OCH3 is 1. The highest BCUT2D eigenvalue weighted by Crippen LogP contribution is 2.30. The van der Waals surface area contributed by atoms with E-state index in [1.54, 1.807) is 30.2 Å². The number of fused-ring (bicyclic) bond motifs is 1. The summed E-state index contributed by atoms with van der Waals surface area (Å²) in [5, 5.41) is 2.83. The molecule has 1 heterocycles. The first-order valence-corrected chi connectivity index (χ1v) is 10.7. The van der Waals surface area contributed by atoms with Crippen molar-refractivity contribution in [3.05, 3.63) is 89.2 Å². The number of hydrogen-bond donors (Lipinski definition) is 1. The molecule has 0 saturated carbocycles. The van der Waals surface area contributed by atoms with Crippen LogP contribution < -0.4 is 14.8 Å². The van der Waals surface area contributed by atoms with Gasteiger partial charge in [-0.3, -0.25) is 9.59 Å². The van der Waals surface area contributed by atoms with Crippen LogP contribution in [0.1, 0.15) is 34.8 Å². The molecule has 1 N–H and O–H groups in total. The van der Waals surface area contributed by atoms with E-state index in [-0.39, 0.29) is 11.8 Å². The van der Waals surface area contributed by atoms with Gasteiger partial charge in [0.15, 0.2) is 6.10 Å². The SMILES string of the molecule is CCC1Oc2ccc(NC(=O)c3ccc(F)cc3)cc2CN(Cc2cccc(OC)c2)C1=O. The molecule has 3 aromatic rings. The number of amides is 2. The summed E-state index contributed by atoms with van der Waals surface area (Å²) < 4.78 is 24.5. The number of halogens is 1. The molecule has 1 unspecified atom stereocenters. The lowest BCUT2D eigenvalue weighted by atomic mass is 10.1. The topological polar surface area (TPSA) is 67.9 Å². The maximum Gasteiger partial charge on any atom is 0.264 e. The molecule has 7 heteroatoms. The van der Waals surface area contributed by atoms with Crippen LogP contribution in [0.5, 0.6) is 11.5 Å². The molecule has 0 bridgehead atoms. The Morgan fingerprint density at radius 1 is 1.15 bits per heavy atom. The van der Waals surface area contributed by atoms with E-state index in [2.05, 4.69) is 5.32 Å². The largest absolute Gasteiger partial charge is 0.497 e. The number of anilines is 1. The van der Waals surface area contributed by atoms with Gasteiger partial charge in [-0.15, -0.1) is 0 Å². The summed E-state index contributed by atoms with van der Waals surface area (Å²) in [6.07, 6.45) is -0.0489. The monoisotopic (exact) mass is 448 g/mol. The normalized spacial score (nSPS) is 15.3. The molecule has 0 aliphatic carbocycles. The molecule has 0 fully saturated rings. The third-order valence-corrected chi connectivity index (χ3v) is 5.52. The number of nitrogens with zero attached hydrogens (tertiary/aromatic N) is 1. The quantitative estimate of drug-likeness (QED) is 0.589. The molecule has 1 aliphatic heterocycles. The maximum atomic E-state index is 13.1. The van der Waals surface area contributed by atoms with Gasteiger partial charge in [-0.05, 0) is 66.6 Å². The highest BCUT2D eigenvalue weighted by molar-refractivity contribution is 6.04. The van der Waals surface area contributed by atoms with Crippen molar-refractivity contribution in [1.82, 2.24) is 4.90 Å². The highest BCUT2D eigenvalue weighted by Gasteiger charge is 2.30. The zero-order valence-corrected chi connectivity index (χ0v) is 18.5. The van der Waals surface area contributed by atoms with Crippen molar-refractivity contribution >= 4 is 17.5 Å².